The first-order valence-corrected chi connectivity index (χ1v) is 12.0. The largest absolute Gasteiger partial charge is 0.355 e. The van der Waals surface area contributed by atoms with Crippen LogP contribution in [-0.2, 0) is 11.2 Å². The van der Waals surface area contributed by atoms with Gasteiger partial charge in [-0.1, -0.05) is 61.9 Å². The molecule has 0 spiro atoms. The monoisotopic (exact) mass is 435 g/mol. The molecule has 1 aliphatic carbocycles. The molecule has 1 fully saturated rings. The van der Waals surface area contributed by atoms with Crippen molar-refractivity contribution in [2.75, 3.05) is 12.3 Å². The van der Waals surface area contributed by atoms with Crippen molar-refractivity contribution in [1.29, 1.82) is 0 Å². The standard InChI is InChI=1S/C24H29N5OS/c1-18-8-5-6-12-21(18)29-23(20-11-7-14-25-16-20)27-28-24(29)31-17-22(30)26-15-13-19-9-3-2-4-10-19/h2-4,7,9-11,14,16,18,21H,5-6,8,12-13,15,17H2,1H3,(H,26,30)/t18-,21+/m1/s1. The van der Waals surface area contributed by atoms with Crippen molar-refractivity contribution in [2.45, 2.75) is 50.2 Å². The van der Waals surface area contributed by atoms with Crippen molar-refractivity contribution in [3.63, 3.8) is 0 Å². The Hall–Kier alpha value is -2.67. The van der Waals surface area contributed by atoms with Crippen LogP contribution in [0.15, 0.2) is 60.0 Å². The zero-order chi connectivity index (χ0) is 21.5. The number of carbonyl (C=O) groups excluding carboxylic acids is 1. The van der Waals surface area contributed by atoms with Crippen molar-refractivity contribution >= 4 is 17.7 Å². The van der Waals surface area contributed by atoms with Crippen molar-refractivity contribution in [1.82, 2.24) is 25.1 Å². The highest BCUT2D eigenvalue weighted by Gasteiger charge is 2.28. The van der Waals surface area contributed by atoms with Crippen molar-refractivity contribution in [3.8, 4) is 11.4 Å². The summed E-state index contributed by atoms with van der Waals surface area (Å²) in [5, 5.41) is 12.8. The maximum atomic E-state index is 12.4. The molecule has 3 aromatic rings. The molecule has 1 aliphatic rings. The van der Waals surface area contributed by atoms with Gasteiger partial charge in [-0.2, -0.15) is 0 Å². The normalized spacial score (nSPS) is 18.6. The number of thioether (sulfide) groups is 1. The van der Waals surface area contributed by atoms with Gasteiger partial charge in [0.2, 0.25) is 5.91 Å². The molecule has 1 aromatic carbocycles. The van der Waals surface area contributed by atoms with E-state index in [-0.39, 0.29) is 5.91 Å². The molecule has 6 nitrogen and oxygen atoms in total. The molecular weight excluding hydrogens is 406 g/mol. The first kappa shape index (κ1) is 21.6. The molecule has 2 heterocycles. The average molecular weight is 436 g/mol. The number of rotatable bonds is 8. The fourth-order valence-corrected chi connectivity index (χ4v) is 5.04. The number of aromatic nitrogens is 4. The van der Waals surface area contributed by atoms with Gasteiger partial charge in [0.1, 0.15) is 0 Å². The number of carbonyl (C=O) groups is 1. The zero-order valence-electron chi connectivity index (χ0n) is 17.9. The summed E-state index contributed by atoms with van der Waals surface area (Å²) in [6, 6.07) is 14.5. The minimum atomic E-state index is 0.0232. The Morgan fingerprint density at radius 3 is 2.74 bits per heavy atom. The maximum Gasteiger partial charge on any atom is 0.230 e. The van der Waals surface area contributed by atoms with Crippen LogP contribution in [0.25, 0.3) is 11.4 Å². The average Bonchev–Trinajstić information content (AvgIpc) is 3.23. The minimum Gasteiger partial charge on any atom is -0.355 e. The van der Waals surface area contributed by atoms with E-state index in [1.807, 2.05) is 36.5 Å². The van der Waals surface area contributed by atoms with Gasteiger partial charge < -0.3 is 5.32 Å². The van der Waals surface area contributed by atoms with Gasteiger partial charge in [0.25, 0.3) is 0 Å². The number of hydrogen-bond acceptors (Lipinski definition) is 5. The molecule has 162 valence electrons. The number of hydrogen-bond donors (Lipinski definition) is 1. The summed E-state index contributed by atoms with van der Waals surface area (Å²) in [5.41, 5.74) is 2.19. The van der Waals surface area contributed by atoms with E-state index in [2.05, 4.69) is 44.1 Å². The molecule has 1 saturated carbocycles. The molecule has 0 radical (unpaired) electrons. The van der Waals surface area contributed by atoms with Crippen LogP contribution < -0.4 is 5.32 Å². The molecule has 0 unspecified atom stereocenters. The van der Waals surface area contributed by atoms with Gasteiger partial charge in [0.05, 0.1) is 5.75 Å². The maximum absolute atomic E-state index is 12.4. The topological polar surface area (TPSA) is 72.7 Å². The number of nitrogens with zero attached hydrogens (tertiary/aromatic N) is 4. The number of benzene rings is 1. The number of pyridine rings is 1. The van der Waals surface area contributed by atoms with E-state index in [0.29, 0.717) is 24.3 Å². The Morgan fingerprint density at radius 2 is 1.97 bits per heavy atom. The van der Waals surface area contributed by atoms with Crippen LogP contribution in [0, 0.1) is 5.92 Å². The summed E-state index contributed by atoms with van der Waals surface area (Å²) in [7, 11) is 0. The summed E-state index contributed by atoms with van der Waals surface area (Å²) in [6.07, 6.45) is 9.24. The molecule has 0 bridgehead atoms. The Labute approximate surface area is 187 Å². The predicted molar refractivity (Wildman–Crippen MR) is 124 cm³/mol. The van der Waals surface area contributed by atoms with E-state index in [1.165, 1.54) is 36.6 Å². The quantitative estimate of drug-likeness (QED) is 0.526. The third-order valence-electron chi connectivity index (χ3n) is 5.89. The van der Waals surface area contributed by atoms with Gasteiger partial charge in [-0.3, -0.25) is 14.3 Å². The number of nitrogens with one attached hydrogen (secondary N) is 1. The highest BCUT2D eigenvalue weighted by Crippen LogP contribution is 2.38. The Kier molecular flexibility index (Phi) is 7.35. The van der Waals surface area contributed by atoms with Crippen LogP contribution in [0.3, 0.4) is 0 Å². The Balaban J connectivity index is 1.43. The molecule has 1 amide bonds. The van der Waals surface area contributed by atoms with Crippen molar-refractivity contribution in [2.24, 2.45) is 5.92 Å². The Bertz CT molecular complexity index is 976. The number of amides is 1. The van der Waals surface area contributed by atoms with Gasteiger partial charge in [-0.15, -0.1) is 10.2 Å². The van der Waals surface area contributed by atoms with Crippen LogP contribution >= 0.6 is 11.8 Å². The zero-order valence-corrected chi connectivity index (χ0v) is 18.7. The van der Waals surface area contributed by atoms with E-state index in [4.69, 9.17) is 0 Å². The third kappa shape index (κ3) is 5.53. The van der Waals surface area contributed by atoms with Crippen LogP contribution in [-0.4, -0.2) is 38.0 Å². The van der Waals surface area contributed by atoms with E-state index in [9.17, 15) is 4.79 Å². The van der Waals surface area contributed by atoms with Gasteiger partial charge in [-0.05, 0) is 42.9 Å². The molecule has 1 N–H and O–H groups in total. The van der Waals surface area contributed by atoms with Crippen LogP contribution in [0.1, 0.15) is 44.2 Å². The fourth-order valence-electron chi connectivity index (χ4n) is 4.22. The molecule has 0 saturated heterocycles. The Morgan fingerprint density at radius 1 is 1.13 bits per heavy atom. The van der Waals surface area contributed by atoms with E-state index in [1.54, 1.807) is 6.20 Å². The van der Waals surface area contributed by atoms with E-state index in [0.717, 1.165) is 29.4 Å². The van der Waals surface area contributed by atoms with Gasteiger partial charge in [0.15, 0.2) is 11.0 Å². The third-order valence-corrected chi connectivity index (χ3v) is 6.84. The minimum absolute atomic E-state index is 0.0232. The van der Waals surface area contributed by atoms with Crippen molar-refractivity contribution < 1.29 is 4.79 Å². The molecule has 7 heteroatoms. The second kappa shape index (κ2) is 10.6. The molecule has 2 atom stereocenters. The first-order valence-electron chi connectivity index (χ1n) is 11.0. The molecule has 0 aliphatic heterocycles. The summed E-state index contributed by atoms with van der Waals surface area (Å²) in [4.78, 5) is 16.7. The highest BCUT2D eigenvalue weighted by molar-refractivity contribution is 7.99. The van der Waals surface area contributed by atoms with Gasteiger partial charge in [0, 0.05) is 30.5 Å². The highest BCUT2D eigenvalue weighted by atomic mass is 32.2. The SMILES string of the molecule is C[C@@H]1CCCC[C@@H]1n1c(SCC(=O)NCCc2ccccc2)nnc1-c1cccnc1. The lowest BCUT2D eigenvalue weighted by molar-refractivity contribution is -0.118. The van der Waals surface area contributed by atoms with Gasteiger partial charge >= 0.3 is 0 Å². The lowest BCUT2D eigenvalue weighted by atomic mass is 9.85. The lowest BCUT2D eigenvalue weighted by Crippen LogP contribution is -2.28. The van der Waals surface area contributed by atoms with E-state index < -0.39 is 0 Å². The van der Waals surface area contributed by atoms with Crippen molar-refractivity contribution in [3.05, 3.63) is 60.4 Å². The smallest absolute Gasteiger partial charge is 0.230 e. The van der Waals surface area contributed by atoms with Crippen LogP contribution in [0.2, 0.25) is 0 Å². The second-order valence-electron chi connectivity index (χ2n) is 8.12. The second-order valence-corrected chi connectivity index (χ2v) is 9.06. The fraction of sp³-hybridized carbons (Fsp3) is 0.417. The molecule has 31 heavy (non-hydrogen) atoms. The van der Waals surface area contributed by atoms with E-state index >= 15 is 0 Å². The summed E-state index contributed by atoms with van der Waals surface area (Å²) >= 11 is 1.47. The molecular formula is C24H29N5OS. The van der Waals surface area contributed by atoms with Crippen LogP contribution in [0.4, 0.5) is 0 Å². The molecule has 4 rings (SSSR count). The van der Waals surface area contributed by atoms with Crippen LogP contribution in [0.5, 0.6) is 0 Å². The van der Waals surface area contributed by atoms with Gasteiger partial charge in [-0.25, -0.2) is 0 Å². The predicted octanol–water partition coefficient (Wildman–Crippen LogP) is 4.54. The summed E-state index contributed by atoms with van der Waals surface area (Å²) in [6.45, 7) is 2.94. The summed E-state index contributed by atoms with van der Waals surface area (Å²) < 4.78 is 2.25. The lowest BCUT2D eigenvalue weighted by Gasteiger charge is -2.31. The summed E-state index contributed by atoms with van der Waals surface area (Å²) in [5.74, 6) is 1.76. The molecule has 2 aromatic heterocycles. The first-order chi connectivity index (χ1) is 15.2.